The van der Waals surface area contributed by atoms with Crippen LogP contribution < -0.4 is 0 Å². The fourth-order valence-corrected chi connectivity index (χ4v) is 4.98. The van der Waals surface area contributed by atoms with E-state index in [2.05, 4.69) is 6.58 Å². The lowest BCUT2D eigenvalue weighted by Crippen LogP contribution is -2.41. The van der Waals surface area contributed by atoms with Crippen molar-refractivity contribution in [2.24, 2.45) is 5.92 Å². The van der Waals surface area contributed by atoms with Gasteiger partial charge in [-0.1, -0.05) is 13.0 Å². The van der Waals surface area contributed by atoms with Crippen molar-refractivity contribution >= 4 is 16.6 Å². The highest BCUT2D eigenvalue weighted by atomic mass is 32.2. The molecule has 0 saturated carbocycles. The van der Waals surface area contributed by atoms with Crippen LogP contribution in [-0.2, 0) is 15.6 Å². The van der Waals surface area contributed by atoms with Gasteiger partial charge in [0.25, 0.3) is 0 Å². The largest absolute Gasteiger partial charge is 0.294 e. The summed E-state index contributed by atoms with van der Waals surface area (Å²) in [5.41, 5.74) is 0.658. The van der Waals surface area contributed by atoms with Gasteiger partial charge < -0.3 is 0 Å². The van der Waals surface area contributed by atoms with E-state index < -0.39 is 10.8 Å². The predicted octanol–water partition coefficient (Wildman–Crippen LogP) is 2.21. The molecule has 2 bridgehead atoms. The van der Waals surface area contributed by atoms with Gasteiger partial charge in [0.15, 0.2) is 5.78 Å². The molecule has 2 fully saturated rings. The number of Topliss-reactive ketones (excluding diaryl/α,β-unsaturated/α-hetero) is 1. The summed E-state index contributed by atoms with van der Waals surface area (Å²) in [7, 11) is -0.668. The van der Waals surface area contributed by atoms with Gasteiger partial charge in [-0.3, -0.25) is 9.00 Å². The smallest absolute Gasteiger partial charge is 0.161 e. The van der Waals surface area contributed by atoms with Gasteiger partial charge in [0.1, 0.15) is 0 Å². The molecule has 2 nitrogen and oxygen atoms in total. The molecule has 84 valence electrons. The molecule has 0 aromatic rings. The third kappa shape index (κ3) is 2.07. The van der Waals surface area contributed by atoms with Gasteiger partial charge in [0, 0.05) is 27.2 Å². The van der Waals surface area contributed by atoms with E-state index >= 15 is 0 Å². The number of ketones is 1. The molecule has 0 radical (unpaired) electrons. The summed E-state index contributed by atoms with van der Waals surface area (Å²) in [4.78, 5) is 11.8. The lowest BCUT2D eigenvalue weighted by Gasteiger charge is -2.37. The Balaban J connectivity index is 2.10. The first-order chi connectivity index (χ1) is 7.09. The zero-order chi connectivity index (χ0) is 11.0. The monoisotopic (exact) mass is 226 g/mol. The van der Waals surface area contributed by atoms with E-state index in [0.29, 0.717) is 5.57 Å². The Morgan fingerprint density at radius 2 is 1.80 bits per heavy atom. The van der Waals surface area contributed by atoms with Gasteiger partial charge in [0.05, 0.1) is 0 Å². The molecule has 15 heavy (non-hydrogen) atoms. The maximum absolute atomic E-state index is 11.9. The van der Waals surface area contributed by atoms with Crippen LogP contribution in [-0.4, -0.2) is 20.5 Å². The highest BCUT2D eigenvalue weighted by Crippen LogP contribution is 2.37. The summed E-state index contributed by atoms with van der Waals surface area (Å²) in [5.74, 6) is 0.305. The molecule has 2 unspecified atom stereocenters. The Hall–Kier alpha value is -0.440. The minimum absolute atomic E-state index is 0.107. The summed E-state index contributed by atoms with van der Waals surface area (Å²) in [6.07, 6.45) is 4.94. The Morgan fingerprint density at radius 3 is 2.27 bits per heavy atom. The first-order valence-electron chi connectivity index (χ1n) is 5.68. The van der Waals surface area contributed by atoms with Crippen LogP contribution >= 0.6 is 0 Å². The summed E-state index contributed by atoms with van der Waals surface area (Å²) in [6.45, 7) is 5.50. The average molecular weight is 226 g/mol. The molecule has 0 spiro atoms. The number of allylic oxidation sites excluding steroid dienone is 1. The van der Waals surface area contributed by atoms with Crippen molar-refractivity contribution < 1.29 is 9.00 Å². The molecule has 0 aliphatic carbocycles. The van der Waals surface area contributed by atoms with Crippen LogP contribution in [0.5, 0.6) is 0 Å². The molecule has 2 aliphatic heterocycles. The number of fused-ring (bicyclic) bond motifs is 2. The normalized spacial score (nSPS) is 39.8. The molecule has 2 atom stereocenters. The highest BCUT2D eigenvalue weighted by molar-refractivity contribution is 7.86. The predicted molar refractivity (Wildman–Crippen MR) is 62.1 cm³/mol. The Morgan fingerprint density at radius 1 is 1.27 bits per heavy atom. The summed E-state index contributed by atoms with van der Waals surface area (Å²) in [5, 5.41) is 0.566. The molecule has 2 aliphatic rings. The number of carbonyl (C=O) groups is 1. The molecule has 2 rings (SSSR count). The second kappa shape index (κ2) is 4.20. The van der Waals surface area contributed by atoms with Gasteiger partial charge in [-0.2, -0.15) is 0 Å². The van der Waals surface area contributed by atoms with Crippen LogP contribution in [0.3, 0.4) is 0 Å². The van der Waals surface area contributed by atoms with Crippen LogP contribution in [0, 0.1) is 5.92 Å². The topological polar surface area (TPSA) is 34.1 Å². The van der Waals surface area contributed by atoms with E-state index in [4.69, 9.17) is 0 Å². The molecule has 3 heteroatoms. The van der Waals surface area contributed by atoms with Crippen molar-refractivity contribution in [2.45, 2.75) is 49.5 Å². The fraction of sp³-hybridized carbons (Fsp3) is 0.750. The third-order valence-corrected chi connectivity index (χ3v) is 5.77. The molecule has 2 heterocycles. The van der Waals surface area contributed by atoms with E-state index in [-0.39, 0.29) is 22.2 Å². The van der Waals surface area contributed by atoms with Gasteiger partial charge in [-0.15, -0.1) is 0 Å². The van der Waals surface area contributed by atoms with Crippen LogP contribution in [0.15, 0.2) is 12.2 Å². The second-order valence-electron chi connectivity index (χ2n) is 4.82. The van der Waals surface area contributed by atoms with E-state index in [0.717, 1.165) is 25.7 Å². The molecular weight excluding hydrogens is 208 g/mol. The molecular formula is C12H18O2S. The van der Waals surface area contributed by atoms with Crippen molar-refractivity contribution in [3.63, 3.8) is 0 Å². The maximum atomic E-state index is 11.9. The minimum Gasteiger partial charge on any atom is -0.294 e. The zero-order valence-corrected chi connectivity index (χ0v) is 10.0. The molecule has 0 aromatic carbocycles. The minimum atomic E-state index is -0.668. The van der Waals surface area contributed by atoms with E-state index in [1.807, 2.05) is 0 Å². The van der Waals surface area contributed by atoms with Gasteiger partial charge >= 0.3 is 0 Å². The average Bonchev–Trinajstić information content (AvgIpc) is 2.16. The number of rotatable bonds is 2. The van der Waals surface area contributed by atoms with Crippen molar-refractivity contribution in [1.29, 1.82) is 0 Å². The number of hydrogen-bond acceptors (Lipinski definition) is 2. The van der Waals surface area contributed by atoms with Crippen molar-refractivity contribution in [3.05, 3.63) is 12.2 Å². The van der Waals surface area contributed by atoms with E-state index in [1.165, 1.54) is 6.42 Å². The number of hydrogen-bond donors (Lipinski definition) is 0. The maximum Gasteiger partial charge on any atom is 0.161 e. The first kappa shape index (κ1) is 11.1. The molecule has 0 N–H and O–H groups in total. The zero-order valence-electron chi connectivity index (χ0n) is 9.20. The van der Waals surface area contributed by atoms with E-state index in [1.54, 1.807) is 6.92 Å². The fourth-order valence-electron chi connectivity index (χ4n) is 2.80. The third-order valence-electron chi connectivity index (χ3n) is 3.60. The standard InChI is InChI=1S/C12H18O2S/c1-8(2)12(13)9-6-10-4-3-5-11(7-9)15(10)14/h9-11H,1,3-7H2,2H3. The van der Waals surface area contributed by atoms with Crippen molar-refractivity contribution in [3.8, 4) is 0 Å². The first-order valence-corrected chi connectivity index (χ1v) is 6.96. The molecule has 0 aromatic heterocycles. The van der Waals surface area contributed by atoms with Crippen molar-refractivity contribution in [1.82, 2.24) is 0 Å². The summed E-state index contributed by atoms with van der Waals surface area (Å²) >= 11 is 0. The number of carbonyl (C=O) groups excluding carboxylic acids is 1. The van der Waals surface area contributed by atoms with Crippen LogP contribution in [0.1, 0.15) is 39.0 Å². The van der Waals surface area contributed by atoms with Crippen LogP contribution in [0.25, 0.3) is 0 Å². The SMILES string of the molecule is C=C(C)C(=O)C1CC2CCCC(C1)S2=O. The lowest BCUT2D eigenvalue weighted by molar-refractivity contribution is -0.119. The van der Waals surface area contributed by atoms with Gasteiger partial charge in [-0.05, 0) is 38.2 Å². The highest BCUT2D eigenvalue weighted by Gasteiger charge is 2.40. The second-order valence-corrected chi connectivity index (χ2v) is 6.81. The Kier molecular flexibility index (Phi) is 3.10. The quantitative estimate of drug-likeness (QED) is 0.677. The van der Waals surface area contributed by atoms with Crippen molar-refractivity contribution in [2.75, 3.05) is 0 Å². The van der Waals surface area contributed by atoms with Crippen LogP contribution in [0.2, 0.25) is 0 Å². The lowest BCUT2D eigenvalue weighted by atomic mass is 9.85. The molecule has 0 amide bonds. The van der Waals surface area contributed by atoms with Gasteiger partial charge in [0.2, 0.25) is 0 Å². The van der Waals surface area contributed by atoms with Gasteiger partial charge in [-0.25, -0.2) is 0 Å². The Bertz CT molecular complexity index is 306. The van der Waals surface area contributed by atoms with E-state index in [9.17, 15) is 9.00 Å². The molecule has 2 saturated heterocycles. The Labute approximate surface area is 93.6 Å². The summed E-state index contributed by atoms with van der Waals surface area (Å²) < 4.78 is 11.9. The van der Waals surface area contributed by atoms with Crippen LogP contribution in [0.4, 0.5) is 0 Å². The summed E-state index contributed by atoms with van der Waals surface area (Å²) in [6, 6.07) is 0.